The van der Waals surface area contributed by atoms with Crippen molar-refractivity contribution in [2.24, 2.45) is 11.8 Å². The van der Waals surface area contributed by atoms with Crippen molar-refractivity contribution in [3.63, 3.8) is 0 Å². The Balaban J connectivity index is 2.24. The number of hydrogen-bond acceptors (Lipinski definition) is 3. The smallest absolute Gasteiger partial charge is 0.172 e. The molecule has 0 heterocycles. The zero-order valence-corrected chi connectivity index (χ0v) is 13.3. The Morgan fingerprint density at radius 1 is 1.38 bits per heavy atom. The fraction of sp³-hybridized carbons (Fsp3) is 0.611. The summed E-state index contributed by atoms with van der Waals surface area (Å²) in [5, 5.41) is 10.0. The number of unbranched alkanes of at least 4 members (excludes halogenated alkanes) is 1. The maximum absolute atomic E-state index is 12.8. The fourth-order valence-electron chi connectivity index (χ4n) is 3.34. The first-order valence-corrected chi connectivity index (χ1v) is 8.06. The molecule has 0 spiro atoms. The van der Waals surface area contributed by atoms with Gasteiger partial charge in [0.2, 0.25) is 0 Å². The quantitative estimate of drug-likeness (QED) is 0.806. The molecular formula is C18H26O3. The molecule has 21 heavy (non-hydrogen) atoms. The van der Waals surface area contributed by atoms with Crippen molar-refractivity contribution in [1.29, 1.82) is 0 Å². The lowest BCUT2D eigenvalue weighted by Crippen LogP contribution is -2.39. The molecule has 1 N–H and O–H groups in total. The van der Waals surface area contributed by atoms with Gasteiger partial charge in [-0.25, -0.2) is 0 Å². The third kappa shape index (κ3) is 3.29. The van der Waals surface area contributed by atoms with Crippen LogP contribution >= 0.6 is 0 Å². The van der Waals surface area contributed by atoms with Crippen molar-refractivity contribution in [1.82, 2.24) is 0 Å². The van der Waals surface area contributed by atoms with Crippen LogP contribution in [0.3, 0.4) is 0 Å². The van der Waals surface area contributed by atoms with Crippen molar-refractivity contribution < 1.29 is 14.6 Å². The first kappa shape index (κ1) is 16.0. The number of hydrogen-bond donors (Lipinski definition) is 1. The van der Waals surface area contributed by atoms with E-state index in [0.717, 1.165) is 31.2 Å². The highest BCUT2D eigenvalue weighted by molar-refractivity contribution is 6.03. The van der Waals surface area contributed by atoms with E-state index in [9.17, 15) is 9.90 Å². The van der Waals surface area contributed by atoms with Gasteiger partial charge in [0, 0.05) is 6.61 Å². The summed E-state index contributed by atoms with van der Waals surface area (Å²) in [7, 11) is 0. The molecule has 0 bridgehead atoms. The number of fused-ring (bicyclic) bond motifs is 1. The van der Waals surface area contributed by atoms with Gasteiger partial charge in [-0.2, -0.15) is 0 Å². The van der Waals surface area contributed by atoms with E-state index in [0.29, 0.717) is 18.1 Å². The number of ether oxygens (including phenoxy) is 1. The first-order chi connectivity index (χ1) is 10.1. The second kappa shape index (κ2) is 7.08. The summed E-state index contributed by atoms with van der Waals surface area (Å²) in [6, 6.07) is 5.37. The molecule has 0 fully saturated rings. The highest BCUT2D eigenvalue weighted by atomic mass is 16.5. The van der Waals surface area contributed by atoms with E-state index in [-0.39, 0.29) is 23.6 Å². The number of benzene rings is 1. The Morgan fingerprint density at radius 3 is 2.81 bits per heavy atom. The molecule has 0 aliphatic heterocycles. The number of ketones is 1. The molecule has 1 aromatic carbocycles. The number of carbonyl (C=O) groups is 1. The summed E-state index contributed by atoms with van der Waals surface area (Å²) in [6.07, 6.45) is 3.81. The maximum Gasteiger partial charge on any atom is 0.172 e. The topological polar surface area (TPSA) is 46.5 Å². The predicted octanol–water partition coefficient (Wildman–Crippen LogP) is 3.98. The molecule has 0 aromatic heterocycles. The van der Waals surface area contributed by atoms with Gasteiger partial charge in [0.05, 0.1) is 17.6 Å². The largest absolute Gasteiger partial charge is 0.507 e. The van der Waals surface area contributed by atoms with Crippen LogP contribution in [0.5, 0.6) is 5.75 Å². The lowest BCUT2D eigenvalue weighted by atomic mass is 9.71. The molecule has 3 atom stereocenters. The van der Waals surface area contributed by atoms with Crippen LogP contribution in [0, 0.1) is 11.8 Å². The minimum absolute atomic E-state index is 0.0465. The highest BCUT2D eigenvalue weighted by Crippen LogP contribution is 2.38. The average molecular weight is 290 g/mol. The van der Waals surface area contributed by atoms with Crippen molar-refractivity contribution in [2.45, 2.75) is 52.6 Å². The van der Waals surface area contributed by atoms with Crippen LogP contribution in [-0.4, -0.2) is 23.6 Å². The molecule has 3 unspecified atom stereocenters. The van der Waals surface area contributed by atoms with Gasteiger partial charge in [-0.05, 0) is 37.3 Å². The van der Waals surface area contributed by atoms with E-state index in [1.54, 1.807) is 6.07 Å². The first-order valence-electron chi connectivity index (χ1n) is 8.06. The molecule has 3 nitrogen and oxygen atoms in total. The highest BCUT2D eigenvalue weighted by Gasteiger charge is 2.39. The zero-order chi connectivity index (χ0) is 15.4. The van der Waals surface area contributed by atoms with Crippen molar-refractivity contribution >= 4 is 5.78 Å². The van der Waals surface area contributed by atoms with Gasteiger partial charge in [0.25, 0.3) is 0 Å². The van der Waals surface area contributed by atoms with Crippen molar-refractivity contribution in [2.75, 3.05) is 6.61 Å². The van der Waals surface area contributed by atoms with Gasteiger partial charge in [0.15, 0.2) is 5.78 Å². The fourth-order valence-corrected chi connectivity index (χ4v) is 3.34. The van der Waals surface area contributed by atoms with E-state index < -0.39 is 0 Å². The summed E-state index contributed by atoms with van der Waals surface area (Å²) in [6.45, 7) is 6.94. The van der Waals surface area contributed by atoms with Crippen LogP contribution in [0.1, 0.15) is 56.0 Å². The number of phenolic OH excluding ortho intramolecular Hbond substituents is 1. The molecule has 1 aliphatic rings. The normalized spacial score (nSPS) is 22.9. The van der Waals surface area contributed by atoms with Crippen LogP contribution in [0.4, 0.5) is 0 Å². The van der Waals surface area contributed by atoms with Gasteiger partial charge < -0.3 is 9.84 Å². The number of aromatic hydroxyl groups is 1. The molecule has 3 heteroatoms. The molecule has 1 aliphatic carbocycles. The van der Waals surface area contributed by atoms with E-state index in [4.69, 9.17) is 4.74 Å². The number of carbonyl (C=O) groups excluding carboxylic acids is 1. The molecule has 0 radical (unpaired) electrons. The van der Waals surface area contributed by atoms with E-state index in [2.05, 4.69) is 13.8 Å². The van der Waals surface area contributed by atoms with Crippen LogP contribution < -0.4 is 0 Å². The second-order valence-corrected chi connectivity index (χ2v) is 6.00. The molecule has 0 saturated carbocycles. The third-order valence-corrected chi connectivity index (χ3v) is 4.58. The molecule has 116 valence electrons. The Kier molecular flexibility index (Phi) is 5.40. The number of phenols is 1. The molecule has 0 saturated heterocycles. The number of Topliss-reactive ketones (excluding diaryl/α,β-unsaturated/α-hetero) is 1. The Hall–Kier alpha value is -1.35. The lowest BCUT2D eigenvalue weighted by Gasteiger charge is -2.35. The molecule has 0 amide bonds. The minimum atomic E-state index is -0.146. The monoisotopic (exact) mass is 290 g/mol. The summed E-state index contributed by atoms with van der Waals surface area (Å²) in [5.74, 6) is 0.305. The van der Waals surface area contributed by atoms with Gasteiger partial charge >= 0.3 is 0 Å². The SMILES string of the molecule is CCCCOC(C)C1C(=O)c2c(O)cccc2CC1CC. The van der Waals surface area contributed by atoms with Crippen LogP contribution in [0.15, 0.2) is 18.2 Å². The molecular weight excluding hydrogens is 264 g/mol. The zero-order valence-electron chi connectivity index (χ0n) is 13.3. The van der Waals surface area contributed by atoms with E-state index >= 15 is 0 Å². The molecule has 2 rings (SSSR count). The van der Waals surface area contributed by atoms with Gasteiger partial charge in [-0.1, -0.05) is 38.8 Å². The standard InChI is InChI=1S/C18H26O3/c1-4-6-10-21-12(3)16-13(5-2)11-14-8-7-9-15(19)17(14)18(16)20/h7-9,12-13,16,19H,4-6,10-11H2,1-3H3. The Labute approximate surface area is 127 Å². The Morgan fingerprint density at radius 2 is 2.14 bits per heavy atom. The Bertz CT molecular complexity index is 495. The average Bonchev–Trinajstić information content (AvgIpc) is 2.46. The third-order valence-electron chi connectivity index (χ3n) is 4.58. The maximum atomic E-state index is 12.8. The molecule has 1 aromatic rings. The van der Waals surface area contributed by atoms with Crippen LogP contribution in [-0.2, 0) is 11.2 Å². The van der Waals surface area contributed by atoms with Gasteiger partial charge in [-0.15, -0.1) is 0 Å². The van der Waals surface area contributed by atoms with Gasteiger partial charge in [-0.3, -0.25) is 4.79 Å². The minimum Gasteiger partial charge on any atom is -0.507 e. The summed E-state index contributed by atoms with van der Waals surface area (Å²) in [5.41, 5.74) is 1.49. The van der Waals surface area contributed by atoms with Crippen LogP contribution in [0.25, 0.3) is 0 Å². The summed E-state index contributed by atoms with van der Waals surface area (Å²) < 4.78 is 5.88. The summed E-state index contributed by atoms with van der Waals surface area (Å²) >= 11 is 0. The van der Waals surface area contributed by atoms with E-state index in [1.807, 2.05) is 19.1 Å². The summed E-state index contributed by atoms with van der Waals surface area (Å²) in [4.78, 5) is 12.8. The van der Waals surface area contributed by atoms with Crippen molar-refractivity contribution in [3.05, 3.63) is 29.3 Å². The number of rotatable bonds is 6. The predicted molar refractivity (Wildman–Crippen MR) is 83.7 cm³/mol. The van der Waals surface area contributed by atoms with Crippen LogP contribution in [0.2, 0.25) is 0 Å². The van der Waals surface area contributed by atoms with E-state index in [1.165, 1.54) is 0 Å². The second-order valence-electron chi connectivity index (χ2n) is 6.00. The van der Waals surface area contributed by atoms with Gasteiger partial charge in [0.1, 0.15) is 5.75 Å². The lowest BCUT2D eigenvalue weighted by molar-refractivity contribution is 0.00480. The van der Waals surface area contributed by atoms with Crippen molar-refractivity contribution in [3.8, 4) is 5.75 Å².